The van der Waals surface area contributed by atoms with Crippen molar-refractivity contribution in [3.05, 3.63) is 11.4 Å². The van der Waals surface area contributed by atoms with Gasteiger partial charge in [-0.3, -0.25) is 4.79 Å². The van der Waals surface area contributed by atoms with Crippen molar-refractivity contribution < 1.29 is 4.79 Å². The highest BCUT2D eigenvalue weighted by molar-refractivity contribution is 5.76. The Kier molecular flexibility index (Phi) is 6.87. The first-order chi connectivity index (χ1) is 10.0. The Hall–Kier alpha value is -1.89. The average molecular weight is 294 g/mol. The van der Waals surface area contributed by atoms with Crippen molar-refractivity contribution >= 4 is 17.5 Å². The summed E-state index contributed by atoms with van der Waals surface area (Å²) >= 11 is 0. The Morgan fingerprint density at radius 2 is 1.95 bits per heavy atom. The quantitative estimate of drug-likeness (QED) is 0.426. The van der Waals surface area contributed by atoms with Gasteiger partial charge in [0.05, 0.1) is 0 Å². The fourth-order valence-corrected chi connectivity index (χ4v) is 1.78. The largest absolute Gasteiger partial charge is 0.369 e. The van der Waals surface area contributed by atoms with Crippen molar-refractivity contribution in [1.29, 1.82) is 0 Å². The number of hydrazine groups is 1. The lowest BCUT2D eigenvalue weighted by Crippen LogP contribution is -2.33. The van der Waals surface area contributed by atoms with Crippen LogP contribution in [0.25, 0.3) is 0 Å². The lowest BCUT2D eigenvalue weighted by Gasteiger charge is -2.14. The predicted molar refractivity (Wildman–Crippen MR) is 85.0 cm³/mol. The minimum absolute atomic E-state index is 0.0384. The Morgan fingerprint density at radius 1 is 1.29 bits per heavy atom. The van der Waals surface area contributed by atoms with Crippen LogP contribution >= 0.6 is 0 Å². The van der Waals surface area contributed by atoms with E-state index < -0.39 is 0 Å². The molecule has 0 aromatic carbocycles. The van der Waals surface area contributed by atoms with E-state index in [-0.39, 0.29) is 11.9 Å². The summed E-state index contributed by atoms with van der Waals surface area (Å²) in [4.78, 5) is 20.4. The molecule has 0 saturated carbocycles. The summed E-state index contributed by atoms with van der Waals surface area (Å²) in [5.74, 6) is 7.52. The molecule has 0 aliphatic heterocycles. The van der Waals surface area contributed by atoms with E-state index in [9.17, 15) is 4.79 Å². The summed E-state index contributed by atoms with van der Waals surface area (Å²) in [5, 5.41) is 6.11. The molecule has 5 N–H and O–H groups in total. The highest BCUT2D eigenvalue weighted by Crippen LogP contribution is 2.19. The van der Waals surface area contributed by atoms with Crippen molar-refractivity contribution in [1.82, 2.24) is 15.3 Å². The maximum Gasteiger partial charge on any atom is 0.221 e. The van der Waals surface area contributed by atoms with Crippen LogP contribution in [0.5, 0.6) is 0 Å². The molecule has 1 unspecified atom stereocenters. The normalized spacial score (nSPS) is 11.9. The fourth-order valence-electron chi connectivity index (χ4n) is 1.78. The van der Waals surface area contributed by atoms with Crippen LogP contribution in [0.1, 0.15) is 45.0 Å². The number of nitrogens with one attached hydrogen (secondary N) is 3. The van der Waals surface area contributed by atoms with Gasteiger partial charge in [-0.25, -0.2) is 15.8 Å². The molecule has 0 radical (unpaired) electrons. The highest BCUT2D eigenvalue weighted by Gasteiger charge is 2.10. The maximum absolute atomic E-state index is 11.7. The van der Waals surface area contributed by atoms with E-state index in [1.165, 1.54) is 0 Å². The molecule has 1 atom stereocenters. The number of carbonyl (C=O) groups is 1. The number of aromatic nitrogens is 2. The zero-order valence-electron chi connectivity index (χ0n) is 13.3. The number of nitrogens with zero attached hydrogens (tertiary/aromatic N) is 2. The SMILES string of the molecule is CCc1nc(NN)c(C)c(NCCC(=O)NC(C)CC)n1. The lowest BCUT2D eigenvalue weighted by molar-refractivity contribution is -0.121. The Morgan fingerprint density at radius 3 is 2.52 bits per heavy atom. The molecule has 1 aromatic rings. The second-order valence-electron chi connectivity index (χ2n) is 5.01. The van der Waals surface area contributed by atoms with E-state index in [0.29, 0.717) is 30.4 Å². The van der Waals surface area contributed by atoms with Crippen molar-refractivity contribution in [3.63, 3.8) is 0 Å². The molecule has 0 fully saturated rings. The molecule has 0 bridgehead atoms. The van der Waals surface area contributed by atoms with E-state index in [1.54, 1.807) is 0 Å². The molecular formula is C14H26N6O. The molecule has 0 aliphatic rings. The molecule has 0 spiro atoms. The molecule has 0 aliphatic carbocycles. The number of aryl methyl sites for hydroxylation is 1. The second kappa shape index (κ2) is 8.41. The van der Waals surface area contributed by atoms with Gasteiger partial charge < -0.3 is 16.1 Å². The number of nitrogens with two attached hydrogens (primary N) is 1. The van der Waals surface area contributed by atoms with Gasteiger partial charge in [0, 0.05) is 31.0 Å². The van der Waals surface area contributed by atoms with Crippen LogP contribution in [0, 0.1) is 6.92 Å². The number of hydrogen-bond donors (Lipinski definition) is 4. The van der Waals surface area contributed by atoms with Crippen LogP contribution < -0.4 is 21.9 Å². The smallest absolute Gasteiger partial charge is 0.221 e. The molecule has 118 valence electrons. The van der Waals surface area contributed by atoms with Crippen molar-refractivity contribution in [2.45, 2.75) is 53.0 Å². The third-order valence-corrected chi connectivity index (χ3v) is 3.31. The zero-order chi connectivity index (χ0) is 15.8. The van der Waals surface area contributed by atoms with Crippen LogP contribution in [0.4, 0.5) is 11.6 Å². The second-order valence-corrected chi connectivity index (χ2v) is 5.01. The van der Waals surface area contributed by atoms with Gasteiger partial charge in [-0.2, -0.15) is 0 Å². The van der Waals surface area contributed by atoms with Gasteiger partial charge in [0.2, 0.25) is 5.91 Å². The summed E-state index contributed by atoms with van der Waals surface area (Å²) in [5.41, 5.74) is 3.42. The van der Waals surface area contributed by atoms with Crippen LogP contribution in [0.15, 0.2) is 0 Å². The first kappa shape index (κ1) is 17.2. The monoisotopic (exact) mass is 294 g/mol. The summed E-state index contributed by atoms with van der Waals surface area (Å²) in [6.07, 6.45) is 2.05. The minimum Gasteiger partial charge on any atom is -0.369 e. The van der Waals surface area contributed by atoms with Gasteiger partial charge >= 0.3 is 0 Å². The molecule has 7 heteroatoms. The van der Waals surface area contributed by atoms with Gasteiger partial charge in [-0.1, -0.05) is 13.8 Å². The molecule has 7 nitrogen and oxygen atoms in total. The highest BCUT2D eigenvalue weighted by atomic mass is 16.1. The maximum atomic E-state index is 11.7. The predicted octanol–water partition coefficient (Wildman–Crippen LogP) is 1.35. The van der Waals surface area contributed by atoms with E-state index >= 15 is 0 Å². The van der Waals surface area contributed by atoms with Gasteiger partial charge in [-0.15, -0.1) is 0 Å². The van der Waals surface area contributed by atoms with Crippen molar-refractivity contribution in [2.24, 2.45) is 5.84 Å². The van der Waals surface area contributed by atoms with Gasteiger partial charge in [-0.05, 0) is 20.3 Å². The standard InChI is InChI=1S/C14H26N6O/c1-5-9(3)17-12(21)7-8-16-13-10(4)14(20-15)19-11(6-2)18-13/h9H,5-8,15H2,1-4H3,(H,17,21)(H2,16,18,19,20). The Balaban J connectivity index is 2.61. The first-order valence-electron chi connectivity index (χ1n) is 7.39. The topological polar surface area (TPSA) is 105 Å². The van der Waals surface area contributed by atoms with E-state index in [0.717, 1.165) is 18.4 Å². The van der Waals surface area contributed by atoms with Gasteiger partial charge in [0.1, 0.15) is 17.5 Å². The summed E-state index contributed by atoms with van der Waals surface area (Å²) < 4.78 is 0. The molecule has 21 heavy (non-hydrogen) atoms. The van der Waals surface area contributed by atoms with Crippen molar-refractivity contribution in [2.75, 3.05) is 17.3 Å². The first-order valence-corrected chi connectivity index (χ1v) is 7.39. The van der Waals surface area contributed by atoms with Gasteiger partial charge in [0.15, 0.2) is 0 Å². The molecule has 1 aromatic heterocycles. The van der Waals surface area contributed by atoms with Crippen LogP contribution in [0.3, 0.4) is 0 Å². The molecular weight excluding hydrogens is 268 g/mol. The number of hydrogen-bond acceptors (Lipinski definition) is 6. The average Bonchev–Trinajstić information content (AvgIpc) is 2.48. The van der Waals surface area contributed by atoms with Crippen LogP contribution in [-0.2, 0) is 11.2 Å². The molecule has 1 rings (SSSR count). The third-order valence-electron chi connectivity index (χ3n) is 3.31. The molecule has 0 saturated heterocycles. The Bertz CT molecular complexity index is 477. The van der Waals surface area contributed by atoms with Gasteiger partial charge in [0.25, 0.3) is 0 Å². The van der Waals surface area contributed by atoms with E-state index in [1.807, 2.05) is 27.7 Å². The number of amides is 1. The minimum atomic E-state index is 0.0384. The molecule has 1 heterocycles. The molecule has 1 amide bonds. The number of rotatable bonds is 8. The number of nitrogen functional groups attached to an aromatic ring is 1. The Labute approximate surface area is 126 Å². The zero-order valence-corrected chi connectivity index (χ0v) is 13.3. The summed E-state index contributed by atoms with van der Waals surface area (Å²) in [6, 6.07) is 0.207. The van der Waals surface area contributed by atoms with E-state index in [2.05, 4.69) is 26.0 Å². The number of carbonyl (C=O) groups excluding carboxylic acids is 1. The summed E-state index contributed by atoms with van der Waals surface area (Å²) in [7, 11) is 0. The summed E-state index contributed by atoms with van der Waals surface area (Å²) in [6.45, 7) is 8.42. The number of anilines is 2. The van der Waals surface area contributed by atoms with Crippen LogP contribution in [0.2, 0.25) is 0 Å². The van der Waals surface area contributed by atoms with Crippen LogP contribution in [-0.4, -0.2) is 28.5 Å². The lowest BCUT2D eigenvalue weighted by atomic mass is 10.2. The van der Waals surface area contributed by atoms with E-state index in [4.69, 9.17) is 5.84 Å². The van der Waals surface area contributed by atoms with Crippen molar-refractivity contribution in [3.8, 4) is 0 Å². The third kappa shape index (κ3) is 5.18. The fraction of sp³-hybridized carbons (Fsp3) is 0.643.